The quantitative estimate of drug-likeness (QED) is 0.777. The molecular weight excluding hydrogens is 376 g/mol. The minimum absolute atomic E-state index is 0.0136. The predicted molar refractivity (Wildman–Crippen MR) is 118 cm³/mol. The summed E-state index contributed by atoms with van der Waals surface area (Å²) < 4.78 is 5.73. The third kappa shape index (κ3) is 4.35. The van der Waals surface area contributed by atoms with Gasteiger partial charge in [0.25, 0.3) is 0 Å². The Morgan fingerprint density at radius 2 is 2.00 bits per heavy atom. The Kier molecular flexibility index (Phi) is 6.07. The Labute approximate surface area is 178 Å². The van der Waals surface area contributed by atoms with Gasteiger partial charge in [0.1, 0.15) is 5.75 Å². The second kappa shape index (κ2) is 8.90. The van der Waals surface area contributed by atoms with E-state index in [1.807, 2.05) is 31.2 Å². The third-order valence-corrected chi connectivity index (χ3v) is 6.08. The zero-order chi connectivity index (χ0) is 21.1. The predicted octanol–water partition coefficient (Wildman–Crippen LogP) is 4.33. The molecule has 2 heterocycles. The van der Waals surface area contributed by atoms with Gasteiger partial charge in [-0.3, -0.25) is 9.59 Å². The fourth-order valence-corrected chi connectivity index (χ4v) is 4.31. The van der Waals surface area contributed by atoms with Gasteiger partial charge in [-0.15, -0.1) is 0 Å². The Morgan fingerprint density at radius 1 is 1.20 bits per heavy atom. The van der Waals surface area contributed by atoms with Crippen LogP contribution in [-0.2, 0) is 16.0 Å². The molecule has 2 aliphatic heterocycles. The number of fused-ring (bicyclic) bond motifs is 1. The molecule has 1 N–H and O–H groups in total. The first-order valence-electron chi connectivity index (χ1n) is 11.0. The van der Waals surface area contributed by atoms with Crippen molar-refractivity contribution in [2.45, 2.75) is 52.0 Å². The van der Waals surface area contributed by atoms with Crippen LogP contribution >= 0.6 is 0 Å². The number of aryl methyl sites for hydroxylation is 2. The summed E-state index contributed by atoms with van der Waals surface area (Å²) in [5.41, 5.74) is 4.33. The van der Waals surface area contributed by atoms with E-state index in [-0.39, 0.29) is 30.2 Å². The molecule has 2 aromatic rings. The highest BCUT2D eigenvalue weighted by Crippen LogP contribution is 2.33. The molecule has 0 saturated carbocycles. The topological polar surface area (TPSA) is 58.6 Å². The number of unbranched alkanes of at least 4 members (excludes halogenated alkanes) is 1. The molecule has 0 spiro atoms. The maximum absolute atomic E-state index is 13.0. The molecule has 0 aliphatic carbocycles. The van der Waals surface area contributed by atoms with Crippen LogP contribution in [0.25, 0.3) is 0 Å². The van der Waals surface area contributed by atoms with E-state index in [4.69, 9.17) is 4.74 Å². The monoisotopic (exact) mass is 406 g/mol. The molecule has 2 aliphatic rings. The summed E-state index contributed by atoms with van der Waals surface area (Å²) in [6.45, 7) is 5.24. The van der Waals surface area contributed by atoms with Gasteiger partial charge in [0, 0.05) is 30.6 Å². The van der Waals surface area contributed by atoms with E-state index in [1.54, 1.807) is 4.90 Å². The van der Waals surface area contributed by atoms with Crippen molar-refractivity contribution in [3.63, 3.8) is 0 Å². The SMILES string of the molecule is CCCCc1ccc(N2CC(C(=O)NC3CCOc4ccc(C)cc43)CC2=O)cc1. The molecule has 0 radical (unpaired) electrons. The highest BCUT2D eigenvalue weighted by molar-refractivity contribution is 6.00. The number of anilines is 1. The lowest BCUT2D eigenvalue weighted by Crippen LogP contribution is -2.37. The van der Waals surface area contributed by atoms with E-state index in [0.717, 1.165) is 35.4 Å². The molecule has 30 heavy (non-hydrogen) atoms. The van der Waals surface area contributed by atoms with E-state index in [1.165, 1.54) is 18.4 Å². The van der Waals surface area contributed by atoms with Gasteiger partial charge in [-0.05, 0) is 43.5 Å². The zero-order valence-corrected chi connectivity index (χ0v) is 17.8. The average Bonchev–Trinajstić information content (AvgIpc) is 3.15. The molecule has 2 amide bonds. The first-order valence-corrected chi connectivity index (χ1v) is 11.0. The Bertz CT molecular complexity index is 922. The Morgan fingerprint density at radius 3 is 2.77 bits per heavy atom. The maximum Gasteiger partial charge on any atom is 0.227 e. The van der Waals surface area contributed by atoms with Gasteiger partial charge in [-0.25, -0.2) is 0 Å². The maximum atomic E-state index is 13.0. The first-order chi connectivity index (χ1) is 14.5. The summed E-state index contributed by atoms with van der Waals surface area (Å²) in [4.78, 5) is 27.3. The number of hydrogen-bond donors (Lipinski definition) is 1. The van der Waals surface area contributed by atoms with Crippen LogP contribution in [-0.4, -0.2) is 25.0 Å². The van der Waals surface area contributed by atoms with Crippen molar-refractivity contribution in [1.29, 1.82) is 0 Å². The van der Waals surface area contributed by atoms with Crippen LogP contribution in [0.2, 0.25) is 0 Å². The minimum atomic E-state index is -0.326. The molecular formula is C25H30N2O3. The van der Waals surface area contributed by atoms with Gasteiger partial charge < -0.3 is 15.0 Å². The summed E-state index contributed by atoms with van der Waals surface area (Å²) in [5, 5.41) is 3.17. The molecule has 158 valence electrons. The highest BCUT2D eigenvalue weighted by atomic mass is 16.5. The van der Waals surface area contributed by atoms with Crippen molar-refractivity contribution >= 4 is 17.5 Å². The number of carbonyl (C=O) groups excluding carboxylic acids is 2. The fraction of sp³-hybridized carbons (Fsp3) is 0.440. The van der Waals surface area contributed by atoms with Gasteiger partial charge in [0.15, 0.2) is 0 Å². The van der Waals surface area contributed by atoms with Crippen molar-refractivity contribution in [2.75, 3.05) is 18.1 Å². The third-order valence-electron chi connectivity index (χ3n) is 6.08. The molecule has 5 nitrogen and oxygen atoms in total. The smallest absolute Gasteiger partial charge is 0.227 e. The number of hydrogen-bond acceptors (Lipinski definition) is 3. The standard InChI is InChI=1S/C25H30N2O3/c1-3-4-5-18-7-9-20(10-8-18)27-16-19(15-24(27)28)25(29)26-22-12-13-30-23-11-6-17(2)14-21(22)23/h6-11,14,19,22H,3-5,12-13,15-16H2,1-2H3,(H,26,29). The van der Waals surface area contributed by atoms with Crippen LogP contribution in [0.5, 0.6) is 5.75 Å². The minimum Gasteiger partial charge on any atom is -0.493 e. The molecule has 4 rings (SSSR count). The molecule has 1 saturated heterocycles. The Balaban J connectivity index is 1.41. The summed E-state index contributed by atoms with van der Waals surface area (Å²) in [6, 6.07) is 14.2. The first kappa shape index (κ1) is 20.5. The fourth-order valence-electron chi connectivity index (χ4n) is 4.31. The number of ether oxygens (including phenoxy) is 1. The van der Waals surface area contributed by atoms with Crippen LogP contribution in [0.4, 0.5) is 5.69 Å². The van der Waals surface area contributed by atoms with Crippen LogP contribution in [0.3, 0.4) is 0 Å². The number of carbonyl (C=O) groups is 2. The van der Waals surface area contributed by atoms with Gasteiger partial charge in [-0.1, -0.05) is 43.2 Å². The summed E-state index contributed by atoms with van der Waals surface area (Å²) in [7, 11) is 0. The molecule has 0 aromatic heterocycles. The van der Waals surface area contributed by atoms with Crippen molar-refractivity contribution in [1.82, 2.24) is 5.32 Å². The number of amides is 2. The number of benzene rings is 2. The number of nitrogens with one attached hydrogen (secondary N) is 1. The highest BCUT2D eigenvalue weighted by Gasteiger charge is 2.36. The molecule has 2 aromatic carbocycles. The summed E-state index contributed by atoms with van der Waals surface area (Å²) in [6.07, 6.45) is 4.39. The number of rotatable bonds is 6. The van der Waals surface area contributed by atoms with Crippen molar-refractivity contribution < 1.29 is 14.3 Å². The molecule has 2 unspecified atom stereocenters. The van der Waals surface area contributed by atoms with Crippen LogP contribution in [0.1, 0.15) is 55.3 Å². The van der Waals surface area contributed by atoms with Crippen LogP contribution < -0.4 is 15.0 Å². The largest absolute Gasteiger partial charge is 0.493 e. The molecule has 1 fully saturated rings. The lowest BCUT2D eigenvalue weighted by atomic mass is 9.97. The van der Waals surface area contributed by atoms with E-state index in [2.05, 4.69) is 30.4 Å². The lowest BCUT2D eigenvalue weighted by molar-refractivity contribution is -0.127. The number of nitrogens with zero attached hydrogens (tertiary/aromatic N) is 1. The normalized spacial score (nSPS) is 20.6. The van der Waals surface area contributed by atoms with E-state index >= 15 is 0 Å². The molecule has 2 atom stereocenters. The van der Waals surface area contributed by atoms with E-state index < -0.39 is 0 Å². The lowest BCUT2D eigenvalue weighted by Gasteiger charge is -2.28. The van der Waals surface area contributed by atoms with E-state index in [9.17, 15) is 9.59 Å². The zero-order valence-electron chi connectivity index (χ0n) is 17.8. The van der Waals surface area contributed by atoms with Crippen LogP contribution in [0, 0.1) is 12.8 Å². The van der Waals surface area contributed by atoms with Gasteiger partial charge in [0.05, 0.1) is 18.6 Å². The van der Waals surface area contributed by atoms with Gasteiger partial charge >= 0.3 is 0 Å². The molecule has 0 bridgehead atoms. The summed E-state index contributed by atoms with van der Waals surface area (Å²) >= 11 is 0. The van der Waals surface area contributed by atoms with Gasteiger partial charge in [-0.2, -0.15) is 0 Å². The van der Waals surface area contributed by atoms with Crippen molar-refractivity contribution in [3.05, 3.63) is 59.2 Å². The second-order valence-corrected chi connectivity index (χ2v) is 8.41. The summed E-state index contributed by atoms with van der Waals surface area (Å²) in [5.74, 6) is 0.474. The second-order valence-electron chi connectivity index (χ2n) is 8.41. The van der Waals surface area contributed by atoms with E-state index in [0.29, 0.717) is 13.2 Å². The van der Waals surface area contributed by atoms with Crippen molar-refractivity contribution in [3.8, 4) is 5.75 Å². The van der Waals surface area contributed by atoms with Crippen LogP contribution in [0.15, 0.2) is 42.5 Å². The molecule has 5 heteroatoms. The van der Waals surface area contributed by atoms with Gasteiger partial charge in [0.2, 0.25) is 11.8 Å². The Hall–Kier alpha value is -2.82. The van der Waals surface area contributed by atoms with Crippen molar-refractivity contribution in [2.24, 2.45) is 5.92 Å². The average molecular weight is 407 g/mol.